The maximum Gasteiger partial charge on any atom is 0.270 e. The first kappa shape index (κ1) is 14.9. The molecule has 2 aromatic heterocycles. The molecule has 2 heterocycles. The summed E-state index contributed by atoms with van der Waals surface area (Å²) in [7, 11) is 1.78. The molecule has 0 radical (unpaired) electrons. The van der Waals surface area contributed by atoms with E-state index in [1.54, 1.807) is 11.9 Å². The van der Waals surface area contributed by atoms with Crippen molar-refractivity contribution in [1.82, 2.24) is 9.47 Å². The third kappa shape index (κ3) is 3.15. The van der Waals surface area contributed by atoms with Crippen LogP contribution in [0, 0.1) is 6.92 Å². The van der Waals surface area contributed by atoms with Gasteiger partial charge in [-0.3, -0.25) is 4.79 Å². The normalized spacial score (nSPS) is 11.1. The Kier molecular flexibility index (Phi) is 4.38. The summed E-state index contributed by atoms with van der Waals surface area (Å²) in [5.74, 6) is 1.63. The van der Waals surface area contributed by atoms with Gasteiger partial charge < -0.3 is 13.9 Å². The van der Waals surface area contributed by atoms with Crippen molar-refractivity contribution in [1.29, 1.82) is 0 Å². The van der Waals surface area contributed by atoms with Crippen LogP contribution in [0.2, 0.25) is 0 Å². The Labute approximate surface area is 127 Å². The van der Waals surface area contributed by atoms with E-state index in [-0.39, 0.29) is 11.9 Å². The molecule has 1 amide bonds. The first-order valence-corrected chi connectivity index (χ1v) is 7.36. The molecule has 5 heteroatoms. The lowest BCUT2D eigenvalue weighted by Crippen LogP contribution is -2.28. The van der Waals surface area contributed by atoms with E-state index in [0.717, 1.165) is 16.0 Å². The molecule has 0 aliphatic rings. The molecule has 0 fully saturated rings. The predicted octanol–water partition coefficient (Wildman–Crippen LogP) is 4.01. The second-order valence-corrected chi connectivity index (χ2v) is 6.13. The van der Waals surface area contributed by atoms with Crippen molar-refractivity contribution in [3.63, 3.8) is 0 Å². The fraction of sp³-hybridized carbons (Fsp3) is 0.400. The average Bonchev–Trinajstić information content (AvgIpc) is 2.94. The molecule has 0 aromatic carbocycles. The molecule has 0 spiro atoms. The summed E-state index contributed by atoms with van der Waals surface area (Å²) in [5.41, 5.74) is 0.678. The van der Waals surface area contributed by atoms with E-state index in [1.807, 2.05) is 35.9 Å². The summed E-state index contributed by atoms with van der Waals surface area (Å²) < 4.78 is 8.40. The molecule has 0 aliphatic heterocycles. The second-order valence-electron chi connectivity index (χ2n) is 5.22. The average molecular weight is 339 g/mol. The molecule has 0 saturated heterocycles. The maximum atomic E-state index is 12.5. The lowest BCUT2D eigenvalue weighted by Gasteiger charge is -2.18. The van der Waals surface area contributed by atoms with Crippen molar-refractivity contribution in [3.8, 4) is 0 Å². The zero-order valence-corrected chi connectivity index (χ0v) is 13.8. The maximum absolute atomic E-state index is 12.5. The van der Waals surface area contributed by atoms with Gasteiger partial charge in [-0.15, -0.1) is 0 Å². The van der Waals surface area contributed by atoms with E-state index < -0.39 is 0 Å². The van der Waals surface area contributed by atoms with Crippen LogP contribution in [0.5, 0.6) is 0 Å². The Hall–Kier alpha value is -1.49. The number of carbonyl (C=O) groups is 1. The molecule has 20 heavy (non-hydrogen) atoms. The van der Waals surface area contributed by atoms with E-state index in [4.69, 9.17) is 4.42 Å². The number of hydrogen-bond acceptors (Lipinski definition) is 2. The second kappa shape index (κ2) is 5.87. The summed E-state index contributed by atoms with van der Waals surface area (Å²) in [6, 6.07) is 5.89. The first-order chi connectivity index (χ1) is 9.38. The predicted molar refractivity (Wildman–Crippen MR) is 81.8 cm³/mol. The molecule has 0 saturated carbocycles. The zero-order valence-electron chi connectivity index (χ0n) is 12.2. The highest BCUT2D eigenvalue weighted by molar-refractivity contribution is 9.10. The number of carbonyl (C=O) groups excluding carboxylic acids is 1. The Morgan fingerprint density at radius 2 is 2.15 bits per heavy atom. The van der Waals surface area contributed by atoms with Crippen molar-refractivity contribution in [2.24, 2.45) is 0 Å². The third-order valence-electron chi connectivity index (χ3n) is 3.13. The molecular weight excluding hydrogens is 320 g/mol. The van der Waals surface area contributed by atoms with Crippen molar-refractivity contribution in [3.05, 3.63) is 46.1 Å². The highest BCUT2D eigenvalue weighted by Gasteiger charge is 2.19. The molecule has 0 atom stereocenters. The van der Waals surface area contributed by atoms with Gasteiger partial charge in [-0.05, 0) is 54.9 Å². The van der Waals surface area contributed by atoms with Gasteiger partial charge in [-0.1, -0.05) is 0 Å². The first-order valence-electron chi connectivity index (χ1n) is 6.56. The van der Waals surface area contributed by atoms with Crippen LogP contribution in [-0.4, -0.2) is 22.4 Å². The smallest absolute Gasteiger partial charge is 0.270 e. The van der Waals surface area contributed by atoms with Crippen LogP contribution in [0.15, 0.2) is 33.3 Å². The van der Waals surface area contributed by atoms with E-state index in [0.29, 0.717) is 12.2 Å². The Morgan fingerprint density at radius 3 is 2.70 bits per heavy atom. The van der Waals surface area contributed by atoms with Crippen LogP contribution >= 0.6 is 15.9 Å². The molecule has 0 aliphatic carbocycles. The largest absolute Gasteiger partial charge is 0.464 e. The number of halogens is 1. The number of hydrogen-bond donors (Lipinski definition) is 0. The third-order valence-corrected chi connectivity index (χ3v) is 3.56. The molecule has 2 aromatic rings. The van der Waals surface area contributed by atoms with Crippen LogP contribution in [0.1, 0.15) is 41.9 Å². The number of furan rings is 1. The highest BCUT2D eigenvalue weighted by Crippen LogP contribution is 2.21. The molecule has 0 bridgehead atoms. The van der Waals surface area contributed by atoms with E-state index in [9.17, 15) is 4.79 Å². The molecule has 0 N–H and O–H groups in total. The minimum atomic E-state index is -0.0153. The monoisotopic (exact) mass is 338 g/mol. The standard InChI is InChI=1S/C15H19BrN2O2/c1-10(2)18-8-12(16)7-14(18)15(19)17(4)9-13-6-5-11(3)20-13/h5-8,10H,9H2,1-4H3. The summed E-state index contributed by atoms with van der Waals surface area (Å²) in [4.78, 5) is 14.2. The Bertz CT molecular complexity index is 613. The zero-order chi connectivity index (χ0) is 14.9. The Morgan fingerprint density at radius 1 is 1.45 bits per heavy atom. The van der Waals surface area contributed by atoms with Gasteiger partial charge in [0.05, 0.1) is 6.54 Å². The van der Waals surface area contributed by atoms with E-state index in [1.165, 1.54) is 0 Å². The molecule has 0 unspecified atom stereocenters. The van der Waals surface area contributed by atoms with E-state index >= 15 is 0 Å². The quantitative estimate of drug-likeness (QED) is 0.844. The van der Waals surface area contributed by atoms with Gasteiger partial charge in [0.1, 0.15) is 17.2 Å². The van der Waals surface area contributed by atoms with Gasteiger partial charge in [0.2, 0.25) is 0 Å². The fourth-order valence-electron chi connectivity index (χ4n) is 2.12. The van der Waals surface area contributed by atoms with E-state index in [2.05, 4.69) is 29.8 Å². The van der Waals surface area contributed by atoms with Gasteiger partial charge in [0, 0.05) is 23.8 Å². The fourth-order valence-corrected chi connectivity index (χ4v) is 2.55. The summed E-state index contributed by atoms with van der Waals surface area (Å²) in [6.07, 6.45) is 1.93. The highest BCUT2D eigenvalue weighted by atomic mass is 79.9. The van der Waals surface area contributed by atoms with Crippen LogP contribution < -0.4 is 0 Å². The number of rotatable bonds is 4. The van der Waals surface area contributed by atoms with Crippen LogP contribution in [0.25, 0.3) is 0 Å². The number of amides is 1. The van der Waals surface area contributed by atoms with Gasteiger partial charge in [0.15, 0.2) is 0 Å². The summed E-state index contributed by atoms with van der Waals surface area (Å²) in [6.45, 7) is 6.47. The lowest BCUT2D eigenvalue weighted by molar-refractivity contribution is 0.0762. The number of aromatic nitrogens is 1. The van der Waals surface area contributed by atoms with Gasteiger partial charge >= 0.3 is 0 Å². The van der Waals surface area contributed by atoms with Crippen LogP contribution in [-0.2, 0) is 6.54 Å². The SMILES string of the molecule is Cc1ccc(CN(C)C(=O)c2cc(Br)cn2C(C)C)o1. The minimum absolute atomic E-state index is 0.0153. The molecule has 4 nitrogen and oxygen atoms in total. The molecular formula is C15H19BrN2O2. The summed E-state index contributed by atoms with van der Waals surface area (Å²) >= 11 is 3.43. The van der Waals surface area contributed by atoms with Gasteiger partial charge in [-0.25, -0.2) is 0 Å². The van der Waals surface area contributed by atoms with Crippen molar-refractivity contribution in [2.45, 2.75) is 33.4 Å². The summed E-state index contributed by atoms with van der Waals surface area (Å²) in [5, 5.41) is 0. The topological polar surface area (TPSA) is 38.4 Å². The van der Waals surface area contributed by atoms with Crippen LogP contribution in [0.3, 0.4) is 0 Å². The Balaban J connectivity index is 2.18. The molecule has 108 valence electrons. The van der Waals surface area contributed by atoms with Gasteiger partial charge in [0.25, 0.3) is 5.91 Å². The van der Waals surface area contributed by atoms with Crippen molar-refractivity contribution >= 4 is 21.8 Å². The number of nitrogens with zero attached hydrogens (tertiary/aromatic N) is 2. The lowest BCUT2D eigenvalue weighted by atomic mass is 10.3. The minimum Gasteiger partial charge on any atom is -0.464 e. The van der Waals surface area contributed by atoms with Crippen molar-refractivity contribution in [2.75, 3.05) is 7.05 Å². The number of aryl methyl sites for hydroxylation is 1. The molecule has 2 rings (SSSR count). The van der Waals surface area contributed by atoms with Crippen LogP contribution in [0.4, 0.5) is 0 Å². The van der Waals surface area contributed by atoms with Gasteiger partial charge in [-0.2, -0.15) is 0 Å². The van der Waals surface area contributed by atoms with Crippen molar-refractivity contribution < 1.29 is 9.21 Å².